The van der Waals surface area contributed by atoms with E-state index in [9.17, 15) is 0 Å². The summed E-state index contributed by atoms with van der Waals surface area (Å²) in [6.07, 6.45) is 0. The molecule has 88 valence electrons. The molecule has 1 heterocycles. The van der Waals surface area contributed by atoms with Crippen molar-refractivity contribution in [2.75, 3.05) is 11.5 Å². The van der Waals surface area contributed by atoms with Crippen LogP contribution in [0.3, 0.4) is 0 Å². The molecule has 5 nitrogen and oxygen atoms in total. The van der Waals surface area contributed by atoms with Crippen molar-refractivity contribution >= 4 is 23.4 Å². The fraction of sp³-hybridized carbons (Fsp3) is 0.0909. The zero-order valence-corrected chi connectivity index (χ0v) is 9.69. The predicted octanol–water partition coefficient (Wildman–Crippen LogP) is 1.87. The molecule has 6 heteroatoms. The van der Waals surface area contributed by atoms with Gasteiger partial charge in [-0.3, -0.25) is 0 Å². The Morgan fingerprint density at radius 2 is 1.82 bits per heavy atom. The lowest BCUT2D eigenvalue weighted by atomic mass is 10.2. The van der Waals surface area contributed by atoms with Crippen molar-refractivity contribution in [3.8, 4) is 5.88 Å². The molecular formula is C11H11ClN4O. The van der Waals surface area contributed by atoms with E-state index in [4.69, 9.17) is 27.8 Å². The molecule has 0 spiro atoms. The quantitative estimate of drug-likeness (QED) is 0.868. The van der Waals surface area contributed by atoms with Gasteiger partial charge in [0.1, 0.15) is 12.4 Å². The fourth-order valence-electron chi connectivity index (χ4n) is 1.27. The van der Waals surface area contributed by atoms with Crippen LogP contribution in [0.1, 0.15) is 5.56 Å². The summed E-state index contributed by atoms with van der Waals surface area (Å²) in [5.41, 5.74) is 11.9. The molecule has 0 aliphatic heterocycles. The van der Waals surface area contributed by atoms with Gasteiger partial charge < -0.3 is 16.2 Å². The van der Waals surface area contributed by atoms with Crippen molar-refractivity contribution < 1.29 is 4.74 Å². The van der Waals surface area contributed by atoms with Gasteiger partial charge in [0.2, 0.25) is 11.8 Å². The van der Waals surface area contributed by atoms with E-state index in [0.29, 0.717) is 17.5 Å². The number of nitrogens with two attached hydrogens (primary N) is 2. The topological polar surface area (TPSA) is 87.0 Å². The van der Waals surface area contributed by atoms with Gasteiger partial charge in [0.15, 0.2) is 0 Å². The highest BCUT2D eigenvalue weighted by molar-refractivity contribution is 6.30. The molecule has 0 fully saturated rings. The maximum absolute atomic E-state index is 5.78. The van der Waals surface area contributed by atoms with Crippen LogP contribution < -0.4 is 16.2 Å². The zero-order valence-electron chi connectivity index (χ0n) is 8.93. The molecule has 17 heavy (non-hydrogen) atoms. The van der Waals surface area contributed by atoms with Crippen molar-refractivity contribution in [2.45, 2.75) is 6.61 Å². The number of benzene rings is 1. The summed E-state index contributed by atoms with van der Waals surface area (Å²) in [6, 6.07) is 8.85. The van der Waals surface area contributed by atoms with Crippen LogP contribution in [0.5, 0.6) is 5.88 Å². The average Bonchev–Trinajstić information content (AvgIpc) is 2.27. The van der Waals surface area contributed by atoms with Crippen molar-refractivity contribution in [2.24, 2.45) is 0 Å². The third kappa shape index (κ3) is 3.22. The van der Waals surface area contributed by atoms with Crippen LogP contribution in [0.4, 0.5) is 11.8 Å². The number of anilines is 2. The number of aromatic nitrogens is 2. The number of halogens is 1. The first-order valence-electron chi connectivity index (χ1n) is 4.91. The Balaban J connectivity index is 2.04. The maximum atomic E-state index is 5.78. The van der Waals surface area contributed by atoms with Crippen molar-refractivity contribution in [1.82, 2.24) is 9.97 Å². The van der Waals surface area contributed by atoms with E-state index < -0.39 is 0 Å². The summed E-state index contributed by atoms with van der Waals surface area (Å²) in [5, 5.41) is 0.685. The lowest BCUT2D eigenvalue weighted by molar-refractivity contribution is 0.294. The highest BCUT2D eigenvalue weighted by Gasteiger charge is 2.01. The molecular weight excluding hydrogens is 240 g/mol. The van der Waals surface area contributed by atoms with E-state index in [1.807, 2.05) is 12.1 Å². The summed E-state index contributed by atoms with van der Waals surface area (Å²) in [7, 11) is 0. The minimum Gasteiger partial charge on any atom is -0.473 e. The highest BCUT2D eigenvalue weighted by Crippen LogP contribution is 2.15. The molecule has 4 N–H and O–H groups in total. The Bertz CT molecular complexity index is 495. The number of nitrogen functional groups attached to an aromatic ring is 2. The van der Waals surface area contributed by atoms with E-state index in [1.54, 1.807) is 12.1 Å². The predicted molar refractivity (Wildman–Crippen MR) is 66.6 cm³/mol. The SMILES string of the molecule is Nc1cc(OCc2ccc(Cl)cc2)nc(N)n1. The van der Waals surface area contributed by atoms with Crippen LogP contribution in [0.15, 0.2) is 30.3 Å². The maximum Gasteiger partial charge on any atom is 0.225 e. The lowest BCUT2D eigenvalue weighted by Crippen LogP contribution is -2.03. The van der Waals surface area contributed by atoms with Crippen LogP contribution in [0, 0.1) is 0 Å². The van der Waals surface area contributed by atoms with Gasteiger partial charge in [-0.25, -0.2) is 0 Å². The summed E-state index contributed by atoms with van der Waals surface area (Å²) < 4.78 is 5.44. The molecule has 0 aliphatic rings. The summed E-state index contributed by atoms with van der Waals surface area (Å²) in [5.74, 6) is 0.727. The van der Waals surface area contributed by atoms with Crippen LogP contribution in [-0.2, 0) is 6.61 Å². The van der Waals surface area contributed by atoms with Crippen LogP contribution in [0.2, 0.25) is 5.02 Å². The number of rotatable bonds is 3. The Hall–Kier alpha value is -2.01. The van der Waals surface area contributed by atoms with Crippen LogP contribution in [0.25, 0.3) is 0 Å². The number of hydrogen-bond donors (Lipinski definition) is 2. The summed E-state index contributed by atoms with van der Waals surface area (Å²) in [4.78, 5) is 7.65. The van der Waals surface area contributed by atoms with Gasteiger partial charge in [-0.1, -0.05) is 23.7 Å². The first-order chi connectivity index (χ1) is 8.13. The molecule has 0 saturated heterocycles. The Labute approximate surface area is 103 Å². The van der Waals surface area contributed by atoms with Gasteiger partial charge in [0, 0.05) is 11.1 Å². The molecule has 0 atom stereocenters. The Morgan fingerprint density at radius 1 is 1.12 bits per heavy atom. The smallest absolute Gasteiger partial charge is 0.225 e. The Kier molecular flexibility index (Phi) is 3.30. The average molecular weight is 251 g/mol. The second kappa shape index (κ2) is 4.88. The van der Waals surface area contributed by atoms with Gasteiger partial charge in [0.25, 0.3) is 0 Å². The van der Waals surface area contributed by atoms with Gasteiger partial charge in [0.05, 0.1) is 0 Å². The number of nitrogens with zero attached hydrogens (tertiary/aromatic N) is 2. The first kappa shape index (κ1) is 11.5. The van der Waals surface area contributed by atoms with E-state index in [0.717, 1.165) is 5.56 Å². The molecule has 2 aromatic rings. The highest BCUT2D eigenvalue weighted by atomic mass is 35.5. The molecule has 1 aromatic carbocycles. The Morgan fingerprint density at radius 3 is 2.47 bits per heavy atom. The van der Waals surface area contributed by atoms with Crippen molar-refractivity contribution in [1.29, 1.82) is 0 Å². The van der Waals surface area contributed by atoms with Crippen LogP contribution in [-0.4, -0.2) is 9.97 Å². The second-order valence-corrected chi connectivity index (χ2v) is 3.84. The minimum absolute atomic E-state index is 0.0936. The summed E-state index contributed by atoms with van der Waals surface area (Å²) in [6.45, 7) is 0.368. The van der Waals surface area contributed by atoms with Gasteiger partial charge in [-0.2, -0.15) is 9.97 Å². The minimum atomic E-state index is 0.0936. The third-order valence-corrected chi connectivity index (χ3v) is 2.29. The van der Waals surface area contributed by atoms with Crippen LogP contribution >= 0.6 is 11.6 Å². The second-order valence-electron chi connectivity index (χ2n) is 3.40. The van der Waals surface area contributed by atoms with Gasteiger partial charge in [-0.05, 0) is 17.7 Å². The molecule has 0 unspecified atom stereocenters. The molecule has 0 bridgehead atoms. The van der Waals surface area contributed by atoms with E-state index in [1.165, 1.54) is 6.07 Å². The normalized spacial score (nSPS) is 10.2. The van der Waals surface area contributed by atoms with Gasteiger partial charge >= 0.3 is 0 Å². The molecule has 2 rings (SSSR count). The third-order valence-electron chi connectivity index (χ3n) is 2.04. The van der Waals surface area contributed by atoms with E-state index in [2.05, 4.69) is 9.97 Å². The lowest BCUT2D eigenvalue weighted by Gasteiger charge is -2.06. The standard InChI is InChI=1S/C11H11ClN4O/c12-8-3-1-7(2-4-8)6-17-10-5-9(13)15-11(14)16-10/h1-5H,6H2,(H4,13,14,15,16). The van der Waals surface area contributed by atoms with Crippen molar-refractivity contribution in [3.63, 3.8) is 0 Å². The van der Waals surface area contributed by atoms with Crippen molar-refractivity contribution in [3.05, 3.63) is 40.9 Å². The van der Waals surface area contributed by atoms with E-state index in [-0.39, 0.29) is 11.8 Å². The fourth-order valence-corrected chi connectivity index (χ4v) is 1.40. The molecule has 1 aromatic heterocycles. The largest absolute Gasteiger partial charge is 0.473 e. The molecule has 0 aliphatic carbocycles. The molecule has 0 radical (unpaired) electrons. The zero-order chi connectivity index (χ0) is 12.3. The van der Waals surface area contributed by atoms with E-state index >= 15 is 0 Å². The number of hydrogen-bond acceptors (Lipinski definition) is 5. The monoisotopic (exact) mass is 250 g/mol. The molecule has 0 saturated carbocycles. The molecule has 0 amide bonds. The van der Waals surface area contributed by atoms with Gasteiger partial charge in [-0.15, -0.1) is 0 Å². The number of ether oxygens (including phenoxy) is 1. The first-order valence-corrected chi connectivity index (χ1v) is 5.28. The summed E-state index contributed by atoms with van der Waals surface area (Å²) >= 11 is 5.78.